The van der Waals surface area contributed by atoms with Gasteiger partial charge in [-0.3, -0.25) is 4.31 Å². The number of rotatable bonds is 4. The highest BCUT2D eigenvalue weighted by Crippen LogP contribution is 2.33. The number of nitrogens with zero attached hydrogens (tertiary/aromatic N) is 1. The third-order valence-corrected chi connectivity index (χ3v) is 6.82. The van der Waals surface area contributed by atoms with E-state index in [-0.39, 0.29) is 9.96 Å². The molecule has 0 atom stereocenters. The standard InChI is InChI=1S/C13H14BrNO3S2/c1-3-15(11-8-10(16)5-4-9(11)2)20(17,18)13-7-6-12(14)19-13/h4-8,16H,3H2,1-2H3. The number of benzene rings is 1. The zero-order chi connectivity index (χ0) is 14.9. The molecule has 20 heavy (non-hydrogen) atoms. The smallest absolute Gasteiger partial charge is 0.273 e. The van der Waals surface area contributed by atoms with Gasteiger partial charge in [-0.05, 0) is 53.5 Å². The van der Waals surface area contributed by atoms with Crippen LogP contribution in [-0.4, -0.2) is 20.1 Å². The maximum Gasteiger partial charge on any atom is 0.273 e. The molecule has 4 nitrogen and oxygen atoms in total. The second-order valence-corrected chi connectivity index (χ2v) is 8.75. The van der Waals surface area contributed by atoms with E-state index in [0.29, 0.717) is 12.2 Å². The van der Waals surface area contributed by atoms with Crippen LogP contribution >= 0.6 is 27.3 Å². The summed E-state index contributed by atoms with van der Waals surface area (Å²) in [7, 11) is -3.61. The van der Waals surface area contributed by atoms with E-state index in [4.69, 9.17) is 0 Å². The lowest BCUT2D eigenvalue weighted by molar-refractivity contribution is 0.475. The van der Waals surface area contributed by atoms with Crippen molar-refractivity contribution in [3.63, 3.8) is 0 Å². The number of hydrogen-bond donors (Lipinski definition) is 1. The van der Waals surface area contributed by atoms with Crippen LogP contribution in [0, 0.1) is 6.92 Å². The molecule has 0 unspecified atom stereocenters. The van der Waals surface area contributed by atoms with Gasteiger partial charge >= 0.3 is 0 Å². The van der Waals surface area contributed by atoms with Crippen molar-refractivity contribution >= 4 is 43.0 Å². The van der Waals surface area contributed by atoms with Gasteiger partial charge in [0.2, 0.25) is 0 Å². The van der Waals surface area contributed by atoms with Crippen molar-refractivity contribution in [1.82, 2.24) is 0 Å². The van der Waals surface area contributed by atoms with Gasteiger partial charge in [-0.2, -0.15) is 0 Å². The first-order valence-electron chi connectivity index (χ1n) is 5.94. The zero-order valence-corrected chi connectivity index (χ0v) is 14.2. The first kappa shape index (κ1) is 15.3. The fourth-order valence-electron chi connectivity index (χ4n) is 1.88. The molecule has 1 N–H and O–H groups in total. The summed E-state index contributed by atoms with van der Waals surface area (Å²) in [6.45, 7) is 3.88. The Bertz CT molecular complexity index is 725. The maximum absolute atomic E-state index is 12.7. The van der Waals surface area contributed by atoms with Crippen LogP contribution < -0.4 is 4.31 Å². The largest absolute Gasteiger partial charge is 0.508 e. The number of hydrogen-bond acceptors (Lipinski definition) is 4. The third-order valence-electron chi connectivity index (χ3n) is 2.84. The van der Waals surface area contributed by atoms with Crippen LogP contribution in [0.15, 0.2) is 38.3 Å². The molecule has 1 aromatic carbocycles. The van der Waals surface area contributed by atoms with E-state index in [0.717, 1.165) is 9.35 Å². The number of anilines is 1. The Kier molecular flexibility index (Phi) is 4.41. The highest BCUT2D eigenvalue weighted by Gasteiger charge is 2.26. The lowest BCUT2D eigenvalue weighted by Crippen LogP contribution is -2.30. The summed E-state index contributed by atoms with van der Waals surface area (Å²) in [6.07, 6.45) is 0. The number of phenols is 1. The summed E-state index contributed by atoms with van der Waals surface area (Å²) < 4.78 is 27.7. The van der Waals surface area contributed by atoms with Crippen LogP contribution in [0.3, 0.4) is 0 Å². The fraction of sp³-hybridized carbons (Fsp3) is 0.231. The van der Waals surface area contributed by atoms with E-state index in [1.165, 1.54) is 21.7 Å². The maximum atomic E-state index is 12.7. The van der Waals surface area contributed by atoms with Crippen LogP contribution in [0.5, 0.6) is 5.75 Å². The van der Waals surface area contributed by atoms with Crippen LogP contribution in [0.4, 0.5) is 5.69 Å². The summed E-state index contributed by atoms with van der Waals surface area (Å²) in [6, 6.07) is 8.00. The molecule has 0 bridgehead atoms. The molecule has 2 rings (SSSR count). The Morgan fingerprint density at radius 1 is 1.30 bits per heavy atom. The number of phenolic OH excluding ortho intramolecular Hbond substituents is 1. The Hall–Kier alpha value is -1.05. The van der Waals surface area contributed by atoms with Gasteiger partial charge in [0, 0.05) is 12.6 Å². The second-order valence-electron chi connectivity index (χ2n) is 4.20. The van der Waals surface area contributed by atoms with Gasteiger partial charge in [-0.25, -0.2) is 8.42 Å². The van der Waals surface area contributed by atoms with E-state index >= 15 is 0 Å². The minimum atomic E-state index is -3.61. The monoisotopic (exact) mass is 375 g/mol. The average Bonchev–Trinajstić information content (AvgIpc) is 2.81. The summed E-state index contributed by atoms with van der Waals surface area (Å²) in [5.41, 5.74) is 1.29. The summed E-state index contributed by atoms with van der Waals surface area (Å²) in [4.78, 5) is 0. The average molecular weight is 376 g/mol. The molecular weight excluding hydrogens is 362 g/mol. The van der Waals surface area contributed by atoms with Crippen molar-refractivity contribution in [1.29, 1.82) is 0 Å². The van der Waals surface area contributed by atoms with Gasteiger partial charge in [-0.1, -0.05) is 6.07 Å². The molecule has 1 aromatic heterocycles. The minimum absolute atomic E-state index is 0.0478. The topological polar surface area (TPSA) is 57.6 Å². The van der Waals surface area contributed by atoms with Gasteiger partial charge in [0.25, 0.3) is 10.0 Å². The molecule has 0 saturated heterocycles. The predicted octanol–water partition coefficient (Wildman–Crippen LogP) is 3.74. The molecule has 108 valence electrons. The highest BCUT2D eigenvalue weighted by molar-refractivity contribution is 9.11. The van der Waals surface area contributed by atoms with Crippen LogP contribution in [0.1, 0.15) is 12.5 Å². The lowest BCUT2D eigenvalue weighted by Gasteiger charge is -2.23. The molecule has 0 aliphatic carbocycles. The summed E-state index contributed by atoms with van der Waals surface area (Å²) in [5, 5.41) is 9.60. The SMILES string of the molecule is CCN(c1cc(O)ccc1C)S(=O)(=O)c1ccc(Br)s1. The van der Waals surface area contributed by atoms with E-state index < -0.39 is 10.0 Å². The molecule has 0 aliphatic heterocycles. The molecule has 0 amide bonds. The van der Waals surface area contributed by atoms with Gasteiger partial charge in [0.15, 0.2) is 0 Å². The quantitative estimate of drug-likeness (QED) is 0.885. The molecule has 7 heteroatoms. The Morgan fingerprint density at radius 3 is 2.55 bits per heavy atom. The molecule has 0 spiro atoms. The van der Waals surface area contributed by atoms with E-state index in [1.807, 2.05) is 6.92 Å². The number of halogens is 1. The Balaban J connectivity index is 2.54. The number of aromatic hydroxyl groups is 1. The molecule has 2 aromatic rings. The zero-order valence-electron chi connectivity index (χ0n) is 11.0. The molecule has 0 radical (unpaired) electrons. The molecule has 0 fully saturated rings. The van der Waals surface area contributed by atoms with Gasteiger partial charge in [0.05, 0.1) is 9.47 Å². The molecule has 1 heterocycles. The van der Waals surface area contributed by atoms with Gasteiger partial charge in [-0.15, -0.1) is 11.3 Å². The third kappa shape index (κ3) is 2.84. The second kappa shape index (κ2) is 5.75. The van der Waals surface area contributed by atoms with Crippen LogP contribution in [0.2, 0.25) is 0 Å². The lowest BCUT2D eigenvalue weighted by atomic mass is 10.2. The summed E-state index contributed by atoms with van der Waals surface area (Å²) in [5.74, 6) is 0.0478. The van der Waals surface area contributed by atoms with Crippen molar-refractivity contribution < 1.29 is 13.5 Å². The predicted molar refractivity (Wildman–Crippen MR) is 85.1 cm³/mol. The van der Waals surface area contributed by atoms with Gasteiger partial charge in [0.1, 0.15) is 9.96 Å². The van der Waals surface area contributed by atoms with Crippen LogP contribution in [-0.2, 0) is 10.0 Å². The number of thiophene rings is 1. The Morgan fingerprint density at radius 2 is 2.00 bits per heavy atom. The number of aryl methyl sites for hydroxylation is 1. The van der Waals surface area contributed by atoms with Gasteiger partial charge < -0.3 is 5.11 Å². The molecule has 0 saturated carbocycles. The first-order valence-corrected chi connectivity index (χ1v) is 8.99. The minimum Gasteiger partial charge on any atom is -0.508 e. The fourth-order valence-corrected chi connectivity index (χ4v) is 5.54. The van der Waals surface area contributed by atoms with E-state index in [1.54, 1.807) is 31.2 Å². The van der Waals surface area contributed by atoms with E-state index in [2.05, 4.69) is 15.9 Å². The highest BCUT2D eigenvalue weighted by atomic mass is 79.9. The normalized spacial score (nSPS) is 11.6. The molecular formula is C13H14BrNO3S2. The van der Waals surface area contributed by atoms with Crippen molar-refractivity contribution in [2.24, 2.45) is 0 Å². The molecule has 0 aliphatic rings. The Labute approximate surface area is 130 Å². The van der Waals surface area contributed by atoms with E-state index in [9.17, 15) is 13.5 Å². The van der Waals surface area contributed by atoms with Crippen molar-refractivity contribution in [3.05, 3.63) is 39.7 Å². The van der Waals surface area contributed by atoms with Crippen molar-refractivity contribution in [2.45, 2.75) is 18.1 Å². The van der Waals surface area contributed by atoms with Crippen molar-refractivity contribution in [3.8, 4) is 5.75 Å². The van der Waals surface area contributed by atoms with Crippen LogP contribution in [0.25, 0.3) is 0 Å². The first-order chi connectivity index (χ1) is 9.36. The van der Waals surface area contributed by atoms with Crippen molar-refractivity contribution in [2.75, 3.05) is 10.8 Å². The number of sulfonamides is 1. The summed E-state index contributed by atoms with van der Waals surface area (Å²) >= 11 is 4.44.